The molecule has 0 rings (SSSR count). The van der Waals surface area contributed by atoms with Gasteiger partial charge in [0.05, 0.1) is 0 Å². The quantitative estimate of drug-likeness (QED) is 0.616. The fourth-order valence-electron chi connectivity index (χ4n) is 0.584. The third-order valence-corrected chi connectivity index (χ3v) is 1.09. The first-order chi connectivity index (χ1) is 3.31. The second-order valence-corrected chi connectivity index (χ2v) is 2.08. The summed E-state index contributed by atoms with van der Waals surface area (Å²) in [6.07, 6.45) is 2.33. The van der Waals surface area contributed by atoms with Crippen LogP contribution in [-0.2, 0) is 0 Å². The zero-order valence-corrected chi connectivity index (χ0v) is 6.37. The minimum absolute atomic E-state index is 0. The topological polar surface area (TPSA) is 20.2 Å². The summed E-state index contributed by atoms with van der Waals surface area (Å²) in [5.41, 5.74) is 0. The van der Waals surface area contributed by atoms with Gasteiger partial charge in [0.25, 0.3) is 0 Å². The molecule has 1 nitrogen and oxygen atoms in total. The summed E-state index contributed by atoms with van der Waals surface area (Å²) in [7, 11) is 0. The summed E-state index contributed by atoms with van der Waals surface area (Å²) in [5, 5.41) is 8.47. The number of aliphatic hydroxyl groups is 1. The van der Waals surface area contributed by atoms with E-state index >= 15 is 0 Å². The highest BCUT2D eigenvalue weighted by molar-refractivity contribution is 5.85. The highest BCUT2D eigenvalue weighted by atomic mass is 35.5. The van der Waals surface area contributed by atoms with Gasteiger partial charge in [-0.3, -0.25) is 0 Å². The maximum atomic E-state index is 8.47. The zero-order chi connectivity index (χ0) is 5.70. The van der Waals surface area contributed by atoms with E-state index in [4.69, 9.17) is 5.11 Å². The number of hydrogen-bond donors (Lipinski definition) is 1. The predicted molar refractivity (Wildman–Crippen MR) is 46.9 cm³/mol. The van der Waals surface area contributed by atoms with Crippen molar-refractivity contribution in [3.05, 3.63) is 0 Å². The Morgan fingerprint density at radius 2 is 1.89 bits per heavy atom. The summed E-state index contributed by atoms with van der Waals surface area (Å²) < 4.78 is 0. The van der Waals surface area contributed by atoms with E-state index < -0.39 is 0 Å². The zero-order valence-electron chi connectivity index (χ0n) is 5.55. The molecule has 3 heteroatoms. The van der Waals surface area contributed by atoms with Crippen molar-refractivity contribution >= 4 is 35.5 Å². The second kappa shape index (κ2) is 11.8. The summed E-state index contributed by atoms with van der Waals surface area (Å²) in [6, 6.07) is 0. The molecular weight excluding hydrogens is 148 g/mol. The van der Waals surface area contributed by atoms with Gasteiger partial charge in [-0.05, 0) is 12.3 Å². The molecule has 9 heavy (non-hydrogen) atoms. The maximum Gasteiger partial charge on any atom is 0.316 e. The number of rotatable bonds is 3. The molecule has 0 aromatic heterocycles. The Morgan fingerprint density at radius 3 is 2.00 bits per heavy atom. The van der Waals surface area contributed by atoms with Gasteiger partial charge in [-0.15, -0.1) is 12.4 Å². The van der Waals surface area contributed by atoms with Crippen LogP contribution in [-0.4, -0.2) is 34.8 Å². The van der Waals surface area contributed by atoms with Gasteiger partial charge in [0.1, 0.15) is 0 Å². The summed E-state index contributed by atoms with van der Waals surface area (Å²) in [5.74, 6) is 0.505. The van der Waals surface area contributed by atoms with E-state index in [0.717, 1.165) is 6.42 Å². The van der Waals surface area contributed by atoms with Crippen molar-refractivity contribution in [1.82, 2.24) is 0 Å². The molecule has 1 atom stereocenters. The molecule has 0 amide bonds. The van der Waals surface area contributed by atoms with Crippen LogP contribution in [0.1, 0.15) is 26.7 Å². The van der Waals surface area contributed by atoms with Crippen LogP contribution in [0.15, 0.2) is 0 Å². The van der Waals surface area contributed by atoms with Gasteiger partial charge >= 0.3 is 23.1 Å². The van der Waals surface area contributed by atoms with Gasteiger partial charge < -0.3 is 5.11 Å². The van der Waals surface area contributed by atoms with E-state index in [9.17, 15) is 0 Å². The normalized spacial score (nSPS) is 11.0. The Balaban J connectivity index is -0.000000180. The second-order valence-electron chi connectivity index (χ2n) is 2.08. The van der Waals surface area contributed by atoms with E-state index in [1.807, 2.05) is 0 Å². The Bertz CT molecular complexity index is 44.0. The van der Waals surface area contributed by atoms with Crippen LogP contribution >= 0.6 is 12.4 Å². The lowest BCUT2D eigenvalue weighted by atomic mass is 10.1. The molecule has 56 valence electrons. The van der Waals surface area contributed by atoms with Crippen molar-refractivity contribution in [1.29, 1.82) is 0 Å². The van der Waals surface area contributed by atoms with Crippen molar-refractivity contribution in [3.8, 4) is 0 Å². The lowest BCUT2D eigenvalue weighted by molar-refractivity contribution is 0.229. The summed E-state index contributed by atoms with van der Waals surface area (Å²) in [6.45, 7) is 4.53. The summed E-state index contributed by atoms with van der Waals surface area (Å²) in [4.78, 5) is 0. The molecule has 0 spiro atoms. The van der Waals surface area contributed by atoms with E-state index in [-0.39, 0.29) is 35.5 Å². The summed E-state index contributed by atoms with van der Waals surface area (Å²) >= 11 is 0. The van der Waals surface area contributed by atoms with Gasteiger partial charge in [-0.2, -0.15) is 0 Å². The average molecular weight is 165 g/mol. The van der Waals surface area contributed by atoms with Crippen molar-refractivity contribution in [2.45, 2.75) is 26.7 Å². The van der Waals surface area contributed by atoms with E-state index in [0.29, 0.717) is 12.5 Å². The van der Waals surface area contributed by atoms with Crippen molar-refractivity contribution in [2.24, 2.45) is 5.92 Å². The standard InChI is InChI=1S/C6H14O.ClH.Mg.2H/c1-3-4-6(2)5-7;;;;/h6-7H,3-5H2,1-2H3;1H;;;. The molecule has 0 saturated carbocycles. The third kappa shape index (κ3) is 12.3. The Kier molecular flexibility index (Phi) is 21.6. The minimum Gasteiger partial charge on any atom is -0.396 e. The smallest absolute Gasteiger partial charge is 0.316 e. The van der Waals surface area contributed by atoms with Crippen LogP contribution in [0, 0.1) is 5.92 Å². The monoisotopic (exact) mass is 164 g/mol. The first-order valence-electron chi connectivity index (χ1n) is 2.92. The number of halogens is 1. The average Bonchev–Trinajstić information content (AvgIpc) is 1.68. The van der Waals surface area contributed by atoms with Crippen LogP contribution in [0.2, 0.25) is 0 Å². The molecule has 1 N–H and O–H groups in total. The maximum absolute atomic E-state index is 8.47. The lowest BCUT2D eigenvalue weighted by Crippen LogP contribution is -1.98. The molecular formula is C6H17ClMgO. The first kappa shape index (κ1) is 16.5. The molecule has 0 bridgehead atoms. The third-order valence-electron chi connectivity index (χ3n) is 1.09. The van der Waals surface area contributed by atoms with Crippen LogP contribution in [0.25, 0.3) is 0 Å². The van der Waals surface area contributed by atoms with Crippen LogP contribution < -0.4 is 0 Å². The molecule has 0 heterocycles. The molecule has 1 unspecified atom stereocenters. The van der Waals surface area contributed by atoms with Gasteiger partial charge in [0, 0.05) is 6.61 Å². The van der Waals surface area contributed by atoms with Crippen molar-refractivity contribution in [3.63, 3.8) is 0 Å². The van der Waals surface area contributed by atoms with Gasteiger partial charge in [-0.25, -0.2) is 0 Å². The Labute approximate surface area is 79.8 Å². The SMILES string of the molecule is CCCC(C)CO.Cl.[MgH2]. The van der Waals surface area contributed by atoms with Crippen LogP contribution in [0.4, 0.5) is 0 Å². The molecule has 0 saturated heterocycles. The van der Waals surface area contributed by atoms with Crippen molar-refractivity contribution < 1.29 is 5.11 Å². The molecule has 0 radical (unpaired) electrons. The Morgan fingerprint density at radius 1 is 1.44 bits per heavy atom. The van der Waals surface area contributed by atoms with Gasteiger partial charge in [-0.1, -0.05) is 20.3 Å². The largest absolute Gasteiger partial charge is 0.396 e. The number of hydrogen-bond acceptors (Lipinski definition) is 1. The fraction of sp³-hybridized carbons (Fsp3) is 1.00. The lowest BCUT2D eigenvalue weighted by Gasteiger charge is -2.01. The van der Waals surface area contributed by atoms with Gasteiger partial charge in [0.2, 0.25) is 0 Å². The Hall–Kier alpha value is 1.02. The molecule has 0 aliphatic heterocycles. The van der Waals surface area contributed by atoms with Gasteiger partial charge in [0.15, 0.2) is 0 Å². The molecule has 0 fully saturated rings. The molecule has 0 aromatic rings. The predicted octanol–water partition coefficient (Wildman–Crippen LogP) is 0.920. The van der Waals surface area contributed by atoms with Crippen LogP contribution in [0.5, 0.6) is 0 Å². The van der Waals surface area contributed by atoms with Crippen LogP contribution in [0.3, 0.4) is 0 Å². The minimum atomic E-state index is 0. The van der Waals surface area contributed by atoms with E-state index in [2.05, 4.69) is 13.8 Å². The van der Waals surface area contributed by atoms with Crippen molar-refractivity contribution in [2.75, 3.05) is 6.61 Å². The fourth-order valence-corrected chi connectivity index (χ4v) is 0.584. The highest BCUT2D eigenvalue weighted by Gasteiger charge is 1.93. The molecule has 0 aromatic carbocycles. The van der Waals surface area contributed by atoms with E-state index in [1.54, 1.807) is 0 Å². The molecule has 0 aliphatic carbocycles. The van der Waals surface area contributed by atoms with E-state index in [1.165, 1.54) is 6.42 Å². The highest BCUT2D eigenvalue weighted by Crippen LogP contribution is 2.01. The number of aliphatic hydroxyl groups excluding tert-OH is 1. The molecule has 0 aliphatic rings. The first-order valence-corrected chi connectivity index (χ1v) is 2.92.